The maximum atomic E-state index is 12.9. The van der Waals surface area contributed by atoms with Crippen LogP contribution in [0.1, 0.15) is 58.1 Å². The number of carbonyl (C=O) groups is 3. The van der Waals surface area contributed by atoms with E-state index in [2.05, 4.69) is 22.8 Å². The number of aliphatic carboxylic acids is 1. The van der Waals surface area contributed by atoms with Crippen molar-refractivity contribution in [3.05, 3.63) is 59.7 Å². The van der Waals surface area contributed by atoms with E-state index in [1.54, 1.807) is 13.8 Å². The molecule has 7 heteroatoms. The fourth-order valence-corrected chi connectivity index (χ4v) is 4.17. The second kappa shape index (κ2) is 9.87. The molecule has 2 aromatic rings. The zero-order chi connectivity index (χ0) is 25.1. The molecule has 0 saturated carbocycles. The molecule has 1 aliphatic rings. The SMILES string of the molecule is CCC(C)(CNC(=O)C(NC(=O)OCC1c2ccccc2-c2ccccc21)C(C)(C)C)C(=O)O. The first-order valence-electron chi connectivity index (χ1n) is 11.6. The normalized spacial score (nSPS) is 15.4. The van der Waals surface area contributed by atoms with Crippen molar-refractivity contribution >= 4 is 18.0 Å². The molecule has 0 radical (unpaired) electrons. The molecule has 0 heterocycles. The van der Waals surface area contributed by atoms with Gasteiger partial charge in [-0.15, -0.1) is 0 Å². The number of alkyl carbamates (subject to hydrolysis) is 1. The van der Waals surface area contributed by atoms with E-state index in [0.29, 0.717) is 6.42 Å². The molecule has 3 rings (SSSR count). The van der Waals surface area contributed by atoms with E-state index in [4.69, 9.17) is 4.74 Å². The van der Waals surface area contributed by atoms with Crippen LogP contribution in [0.5, 0.6) is 0 Å². The molecule has 34 heavy (non-hydrogen) atoms. The molecule has 0 spiro atoms. The van der Waals surface area contributed by atoms with Gasteiger partial charge in [-0.1, -0.05) is 76.2 Å². The van der Waals surface area contributed by atoms with Gasteiger partial charge in [0, 0.05) is 12.5 Å². The molecular formula is C27H34N2O5. The number of carbonyl (C=O) groups excluding carboxylic acids is 2. The highest BCUT2D eigenvalue weighted by Gasteiger charge is 2.37. The highest BCUT2D eigenvalue weighted by Crippen LogP contribution is 2.44. The van der Waals surface area contributed by atoms with Crippen LogP contribution in [0.3, 0.4) is 0 Å². The first-order chi connectivity index (χ1) is 16.0. The van der Waals surface area contributed by atoms with Gasteiger partial charge in [-0.25, -0.2) is 4.79 Å². The molecule has 2 atom stereocenters. The Morgan fingerprint density at radius 1 is 0.971 bits per heavy atom. The van der Waals surface area contributed by atoms with Gasteiger partial charge in [-0.3, -0.25) is 9.59 Å². The van der Waals surface area contributed by atoms with E-state index < -0.39 is 34.8 Å². The Hall–Kier alpha value is -3.35. The lowest BCUT2D eigenvalue weighted by atomic mass is 9.84. The standard InChI is InChI=1S/C27H34N2O5/c1-6-27(5,24(31)32)16-28-23(30)22(26(2,3)4)29-25(33)34-15-21-19-13-9-7-11-17(19)18-12-8-10-14-20(18)21/h7-14,21-22H,6,15-16H2,1-5H3,(H,28,30)(H,29,33)(H,31,32). The van der Waals surface area contributed by atoms with Gasteiger partial charge in [-0.2, -0.15) is 0 Å². The average molecular weight is 467 g/mol. The minimum atomic E-state index is -1.08. The molecule has 2 aromatic carbocycles. The molecule has 2 unspecified atom stereocenters. The lowest BCUT2D eigenvalue weighted by Gasteiger charge is -2.31. The molecule has 0 fully saturated rings. The number of carboxylic acids is 1. The van der Waals surface area contributed by atoms with Gasteiger partial charge in [-0.05, 0) is 41.0 Å². The molecule has 0 saturated heterocycles. The Morgan fingerprint density at radius 3 is 1.97 bits per heavy atom. The molecule has 1 aliphatic carbocycles. The van der Waals surface area contributed by atoms with Crippen molar-refractivity contribution in [3.63, 3.8) is 0 Å². The summed E-state index contributed by atoms with van der Waals surface area (Å²) < 4.78 is 5.60. The molecule has 0 aromatic heterocycles. The number of ether oxygens (including phenoxy) is 1. The fraction of sp³-hybridized carbons (Fsp3) is 0.444. The summed E-state index contributed by atoms with van der Waals surface area (Å²) in [5.74, 6) is -1.50. The van der Waals surface area contributed by atoms with Gasteiger partial charge in [0.1, 0.15) is 12.6 Å². The van der Waals surface area contributed by atoms with Crippen LogP contribution in [0.15, 0.2) is 48.5 Å². The van der Waals surface area contributed by atoms with Crippen LogP contribution in [0.25, 0.3) is 11.1 Å². The Morgan fingerprint density at radius 2 is 1.50 bits per heavy atom. The average Bonchev–Trinajstić information content (AvgIpc) is 3.12. The third kappa shape index (κ3) is 5.24. The van der Waals surface area contributed by atoms with Gasteiger partial charge in [0.05, 0.1) is 5.41 Å². The minimum Gasteiger partial charge on any atom is -0.481 e. The predicted molar refractivity (Wildman–Crippen MR) is 130 cm³/mol. The van der Waals surface area contributed by atoms with Crippen LogP contribution in [0.4, 0.5) is 4.79 Å². The molecular weight excluding hydrogens is 432 g/mol. The number of carboxylic acid groups (broad SMARTS) is 1. The summed E-state index contributed by atoms with van der Waals surface area (Å²) in [6.45, 7) is 8.95. The maximum Gasteiger partial charge on any atom is 0.407 e. The number of hydrogen-bond donors (Lipinski definition) is 3. The second-order valence-corrected chi connectivity index (χ2v) is 10.2. The summed E-state index contributed by atoms with van der Waals surface area (Å²) >= 11 is 0. The molecule has 182 valence electrons. The number of benzene rings is 2. The summed E-state index contributed by atoms with van der Waals surface area (Å²) in [6.07, 6.45) is -0.323. The number of amides is 2. The minimum absolute atomic E-state index is 0.0311. The third-order valence-corrected chi connectivity index (χ3v) is 6.68. The molecule has 0 aliphatic heterocycles. The topological polar surface area (TPSA) is 105 Å². The second-order valence-electron chi connectivity index (χ2n) is 10.2. The summed E-state index contributed by atoms with van der Waals surface area (Å²) in [5.41, 5.74) is 2.79. The fourth-order valence-electron chi connectivity index (χ4n) is 4.17. The van der Waals surface area contributed by atoms with Gasteiger partial charge in [0.2, 0.25) is 5.91 Å². The van der Waals surface area contributed by atoms with E-state index in [9.17, 15) is 19.5 Å². The van der Waals surface area contributed by atoms with Crippen molar-refractivity contribution in [1.29, 1.82) is 0 Å². The number of hydrogen-bond acceptors (Lipinski definition) is 4. The van der Waals surface area contributed by atoms with Crippen molar-refractivity contribution < 1.29 is 24.2 Å². The van der Waals surface area contributed by atoms with E-state index in [1.807, 2.05) is 57.2 Å². The van der Waals surface area contributed by atoms with Crippen LogP contribution in [0.2, 0.25) is 0 Å². The maximum absolute atomic E-state index is 12.9. The summed E-state index contributed by atoms with van der Waals surface area (Å²) in [6, 6.07) is 15.2. The van der Waals surface area contributed by atoms with Gasteiger partial charge < -0.3 is 20.5 Å². The van der Waals surface area contributed by atoms with E-state index in [-0.39, 0.29) is 19.1 Å². The first kappa shape index (κ1) is 25.3. The lowest BCUT2D eigenvalue weighted by molar-refractivity contribution is -0.148. The Kier molecular flexibility index (Phi) is 7.34. The van der Waals surface area contributed by atoms with Gasteiger partial charge >= 0.3 is 12.1 Å². The highest BCUT2D eigenvalue weighted by molar-refractivity contribution is 5.87. The first-order valence-corrected chi connectivity index (χ1v) is 11.6. The zero-order valence-electron chi connectivity index (χ0n) is 20.5. The van der Waals surface area contributed by atoms with Crippen LogP contribution >= 0.6 is 0 Å². The van der Waals surface area contributed by atoms with E-state index in [0.717, 1.165) is 22.3 Å². The predicted octanol–water partition coefficient (Wildman–Crippen LogP) is 4.56. The number of nitrogens with one attached hydrogen (secondary N) is 2. The highest BCUT2D eigenvalue weighted by atomic mass is 16.5. The van der Waals surface area contributed by atoms with Crippen molar-refractivity contribution in [2.24, 2.45) is 10.8 Å². The smallest absolute Gasteiger partial charge is 0.407 e. The van der Waals surface area contributed by atoms with Crippen LogP contribution in [-0.4, -0.2) is 42.3 Å². The number of fused-ring (bicyclic) bond motifs is 3. The Balaban J connectivity index is 1.67. The Bertz CT molecular complexity index is 1030. The zero-order valence-corrected chi connectivity index (χ0v) is 20.5. The summed E-state index contributed by atoms with van der Waals surface area (Å²) in [4.78, 5) is 37.2. The van der Waals surface area contributed by atoms with Crippen molar-refractivity contribution in [3.8, 4) is 11.1 Å². The quantitative estimate of drug-likeness (QED) is 0.529. The van der Waals surface area contributed by atoms with Gasteiger partial charge in [0.25, 0.3) is 0 Å². The number of rotatable bonds is 8. The van der Waals surface area contributed by atoms with Crippen molar-refractivity contribution in [2.45, 2.75) is 53.0 Å². The van der Waals surface area contributed by atoms with Gasteiger partial charge in [0.15, 0.2) is 0 Å². The van der Waals surface area contributed by atoms with E-state index >= 15 is 0 Å². The summed E-state index contributed by atoms with van der Waals surface area (Å²) in [5, 5.41) is 14.9. The van der Waals surface area contributed by atoms with Crippen molar-refractivity contribution in [2.75, 3.05) is 13.2 Å². The largest absolute Gasteiger partial charge is 0.481 e. The van der Waals surface area contributed by atoms with Crippen LogP contribution < -0.4 is 10.6 Å². The van der Waals surface area contributed by atoms with Crippen molar-refractivity contribution in [1.82, 2.24) is 10.6 Å². The molecule has 3 N–H and O–H groups in total. The summed E-state index contributed by atoms with van der Waals surface area (Å²) in [7, 11) is 0. The third-order valence-electron chi connectivity index (χ3n) is 6.68. The molecule has 0 bridgehead atoms. The van der Waals surface area contributed by atoms with Crippen LogP contribution in [-0.2, 0) is 14.3 Å². The molecule has 7 nitrogen and oxygen atoms in total. The van der Waals surface area contributed by atoms with Crippen LogP contribution in [0, 0.1) is 10.8 Å². The molecule has 2 amide bonds. The monoisotopic (exact) mass is 466 g/mol. The lowest BCUT2D eigenvalue weighted by Crippen LogP contribution is -2.55. The Labute approximate surface area is 200 Å². The van der Waals surface area contributed by atoms with E-state index in [1.165, 1.54) is 0 Å².